The van der Waals surface area contributed by atoms with Crippen molar-refractivity contribution in [2.24, 2.45) is 5.92 Å². The highest BCUT2D eigenvalue weighted by molar-refractivity contribution is 5.97. The van der Waals surface area contributed by atoms with Crippen LogP contribution in [0.2, 0.25) is 0 Å². The van der Waals surface area contributed by atoms with Crippen molar-refractivity contribution in [2.45, 2.75) is 70.7 Å². The molecule has 152 valence electrons. The molecule has 3 N–H and O–H groups in total. The number of hydrogen-bond donors (Lipinski definition) is 3. The van der Waals surface area contributed by atoms with Crippen LogP contribution in [0.5, 0.6) is 0 Å². The van der Waals surface area contributed by atoms with E-state index < -0.39 is 42.1 Å². The number of ether oxygens (including phenoxy) is 1. The van der Waals surface area contributed by atoms with E-state index in [9.17, 15) is 24.3 Å². The first-order valence-corrected chi connectivity index (χ1v) is 9.58. The molecule has 0 aromatic rings. The Balaban J connectivity index is 2.01. The first-order chi connectivity index (χ1) is 12.8. The highest BCUT2D eigenvalue weighted by atomic mass is 16.6. The number of likely N-dealkylation sites (tertiary alicyclic amines) is 1. The number of carbonyl (C=O) groups excluding carboxylic acids is 3. The molecular weight excluding hydrogens is 354 g/mol. The molecular formula is C18H29N3O6. The molecule has 2 rings (SSSR count). The van der Waals surface area contributed by atoms with E-state index in [-0.39, 0.29) is 11.8 Å². The lowest BCUT2D eigenvalue weighted by Crippen LogP contribution is -2.55. The van der Waals surface area contributed by atoms with E-state index in [4.69, 9.17) is 4.74 Å². The maximum absolute atomic E-state index is 12.9. The third-order valence-electron chi connectivity index (χ3n) is 5.16. The highest BCUT2D eigenvalue weighted by Crippen LogP contribution is 2.25. The van der Waals surface area contributed by atoms with Gasteiger partial charge in [0.05, 0.1) is 0 Å². The number of carboxylic acids is 1. The van der Waals surface area contributed by atoms with Gasteiger partial charge in [-0.2, -0.15) is 0 Å². The van der Waals surface area contributed by atoms with Crippen LogP contribution < -0.4 is 10.6 Å². The Hall–Kier alpha value is -2.16. The first-order valence-electron chi connectivity index (χ1n) is 9.58. The van der Waals surface area contributed by atoms with E-state index in [2.05, 4.69) is 10.6 Å². The number of aliphatic carboxylic acids is 1. The Kier molecular flexibility index (Phi) is 7.18. The Bertz CT molecular complexity index is 596. The van der Waals surface area contributed by atoms with Gasteiger partial charge in [-0.05, 0) is 25.2 Å². The van der Waals surface area contributed by atoms with E-state index in [1.165, 1.54) is 4.90 Å². The number of carbonyl (C=O) groups is 4. The fraction of sp³-hybridized carbons (Fsp3) is 0.778. The number of carboxylic acid groups (broad SMARTS) is 1. The van der Waals surface area contributed by atoms with Crippen molar-refractivity contribution in [3.63, 3.8) is 0 Å². The van der Waals surface area contributed by atoms with Crippen molar-refractivity contribution in [1.29, 1.82) is 0 Å². The molecule has 0 aromatic heterocycles. The molecule has 0 aromatic carbocycles. The molecule has 0 saturated carbocycles. The number of nitrogens with zero attached hydrogens (tertiary/aromatic N) is 1. The Morgan fingerprint density at radius 2 is 1.85 bits per heavy atom. The van der Waals surface area contributed by atoms with Crippen LogP contribution in [-0.2, 0) is 23.9 Å². The van der Waals surface area contributed by atoms with Crippen molar-refractivity contribution in [3.8, 4) is 0 Å². The maximum atomic E-state index is 12.9. The summed E-state index contributed by atoms with van der Waals surface area (Å²) in [5.74, 6) is -2.46. The van der Waals surface area contributed by atoms with Crippen molar-refractivity contribution in [1.82, 2.24) is 15.5 Å². The summed E-state index contributed by atoms with van der Waals surface area (Å²) >= 11 is 0. The summed E-state index contributed by atoms with van der Waals surface area (Å²) < 4.78 is 5.17. The largest absolute Gasteiger partial charge is 0.480 e. The van der Waals surface area contributed by atoms with Gasteiger partial charge in [0.1, 0.15) is 12.1 Å². The molecule has 9 nitrogen and oxygen atoms in total. The minimum absolute atomic E-state index is 0.178. The molecule has 3 amide bonds. The van der Waals surface area contributed by atoms with E-state index >= 15 is 0 Å². The quantitative estimate of drug-likeness (QED) is 0.477. The summed E-state index contributed by atoms with van der Waals surface area (Å²) in [6, 6.07) is -1.70. The molecule has 5 atom stereocenters. The Morgan fingerprint density at radius 3 is 2.44 bits per heavy atom. The van der Waals surface area contributed by atoms with Crippen LogP contribution in [0.4, 0.5) is 0 Å². The highest BCUT2D eigenvalue weighted by Gasteiger charge is 2.51. The number of rotatable bonds is 9. The predicted molar refractivity (Wildman–Crippen MR) is 95.7 cm³/mol. The van der Waals surface area contributed by atoms with Crippen LogP contribution in [0.1, 0.15) is 46.5 Å². The third kappa shape index (κ3) is 4.97. The molecule has 0 bridgehead atoms. The van der Waals surface area contributed by atoms with Crippen LogP contribution in [0, 0.1) is 5.92 Å². The summed E-state index contributed by atoms with van der Waals surface area (Å²) in [5.41, 5.74) is 0. The zero-order valence-corrected chi connectivity index (χ0v) is 16.1. The van der Waals surface area contributed by atoms with Gasteiger partial charge in [-0.25, -0.2) is 4.79 Å². The van der Waals surface area contributed by atoms with Crippen LogP contribution in [0.3, 0.4) is 0 Å². The topological polar surface area (TPSA) is 128 Å². The number of epoxide rings is 1. The molecule has 0 spiro atoms. The first kappa shape index (κ1) is 21.1. The molecule has 2 fully saturated rings. The summed E-state index contributed by atoms with van der Waals surface area (Å²) in [6.45, 7) is 6.51. The molecule has 0 aliphatic carbocycles. The van der Waals surface area contributed by atoms with E-state index in [0.717, 1.165) is 6.42 Å². The van der Waals surface area contributed by atoms with E-state index in [0.29, 0.717) is 32.4 Å². The Labute approximate surface area is 158 Å². The fourth-order valence-electron chi connectivity index (χ4n) is 3.24. The summed E-state index contributed by atoms with van der Waals surface area (Å²) in [5, 5.41) is 14.7. The van der Waals surface area contributed by atoms with Crippen LogP contribution in [0.15, 0.2) is 0 Å². The average molecular weight is 383 g/mol. The molecule has 2 unspecified atom stereocenters. The van der Waals surface area contributed by atoms with Gasteiger partial charge < -0.3 is 25.4 Å². The van der Waals surface area contributed by atoms with Crippen molar-refractivity contribution >= 4 is 23.7 Å². The van der Waals surface area contributed by atoms with Crippen LogP contribution >= 0.6 is 0 Å². The second kappa shape index (κ2) is 9.16. The van der Waals surface area contributed by atoms with Crippen LogP contribution in [0.25, 0.3) is 0 Å². The summed E-state index contributed by atoms with van der Waals surface area (Å²) in [6.07, 6.45) is 0.704. The lowest BCUT2D eigenvalue weighted by Gasteiger charge is -2.30. The van der Waals surface area contributed by atoms with Gasteiger partial charge in [-0.15, -0.1) is 0 Å². The second-order valence-electron chi connectivity index (χ2n) is 7.17. The van der Waals surface area contributed by atoms with E-state index in [1.807, 2.05) is 20.8 Å². The fourth-order valence-corrected chi connectivity index (χ4v) is 3.24. The third-order valence-corrected chi connectivity index (χ3v) is 5.16. The number of hydrogen-bond acceptors (Lipinski definition) is 5. The lowest BCUT2D eigenvalue weighted by atomic mass is 9.97. The average Bonchev–Trinajstić information content (AvgIpc) is 3.30. The molecule has 9 heteroatoms. The zero-order chi connectivity index (χ0) is 20.1. The van der Waals surface area contributed by atoms with Gasteiger partial charge in [0.15, 0.2) is 12.2 Å². The zero-order valence-electron chi connectivity index (χ0n) is 16.1. The molecule has 2 aliphatic heterocycles. The van der Waals surface area contributed by atoms with Crippen molar-refractivity contribution < 1.29 is 29.0 Å². The van der Waals surface area contributed by atoms with Gasteiger partial charge in [0.2, 0.25) is 5.91 Å². The van der Waals surface area contributed by atoms with Crippen molar-refractivity contribution in [2.75, 3.05) is 13.1 Å². The van der Waals surface area contributed by atoms with E-state index in [1.54, 1.807) is 0 Å². The minimum atomic E-state index is -1.03. The molecule has 0 radical (unpaired) electrons. The SMILES string of the molecule is CCCNC(=O)C1OC1C(=O)N[C@H](C(=O)N1CCC[C@H]1C(=O)O)[C@@H](C)CC. The normalized spacial score (nSPS) is 26.2. The lowest BCUT2D eigenvalue weighted by molar-refractivity contribution is -0.150. The van der Waals surface area contributed by atoms with Gasteiger partial charge >= 0.3 is 5.97 Å². The van der Waals surface area contributed by atoms with Gasteiger partial charge in [-0.1, -0.05) is 27.2 Å². The Morgan fingerprint density at radius 1 is 1.19 bits per heavy atom. The molecule has 27 heavy (non-hydrogen) atoms. The number of amides is 3. The molecule has 2 aliphatic rings. The van der Waals surface area contributed by atoms with Crippen molar-refractivity contribution in [3.05, 3.63) is 0 Å². The molecule has 2 saturated heterocycles. The molecule has 2 heterocycles. The van der Waals surface area contributed by atoms with Gasteiger partial charge in [-0.3, -0.25) is 14.4 Å². The number of nitrogens with one attached hydrogen (secondary N) is 2. The van der Waals surface area contributed by atoms with Gasteiger partial charge in [0.25, 0.3) is 11.8 Å². The predicted octanol–water partition coefficient (Wildman–Crippen LogP) is -0.113. The van der Waals surface area contributed by atoms with Crippen LogP contribution in [-0.4, -0.2) is 71.1 Å². The van der Waals surface area contributed by atoms with Gasteiger partial charge in [0, 0.05) is 13.1 Å². The monoisotopic (exact) mass is 383 g/mol. The second-order valence-corrected chi connectivity index (χ2v) is 7.17. The minimum Gasteiger partial charge on any atom is -0.480 e. The summed E-state index contributed by atoms with van der Waals surface area (Å²) in [4.78, 5) is 49.9. The standard InChI is InChI=1S/C18H29N3O6/c1-4-8-19-15(22)13-14(27-13)16(23)20-12(10(3)5-2)17(24)21-9-6-7-11(21)18(25)26/h10-14H,4-9H2,1-3H3,(H,19,22)(H,20,23)(H,25,26)/t10-,11-,12-,13?,14?/m0/s1. The maximum Gasteiger partial charge on any atom is 0.326 e. The summed E-state index contributed by atoms with van der Waals surface area (Å²) in [7, 11) is 0. The smallest absolute Gasteiger partial charge is 0.326 e.